The lowest BCUT2D eigenvalue weighted by atomic mass is 10.00. The summed E-state index contributed by atoms with van der Waals surface area (Å²) in [5, 5.41) is 4.08. The number of aromatic nitrogens is 1. The Kier molecular flexibility index (Phi) is 4.47. The van der Waals surface area contributed by atoms with E-state index in [1.54, 1.807) is 12.4 Å². The molecule has 0 aliphatic rings. The zero-order valence-electron chi connectivity index (χ0n) is 15.3. The summed E-state index contributed by atoms with van der Waals surface area (Å²) in [6, 6.07) is 19.3. The maximum atomic E-state index is 13.1. The van der Waals surface area contributed by atoms with E-state index in [9.17, 15) is 4.79 Å². The normalized spacial score (nSPS) is 12.1. The van der Waals surface area contributed by atoms with Crippen LogP contribution in [0.2, 0.25) is 0 Å². The van der Waals surface area contributed by atoms with Crippen LogP contribution < -0.4 is 5.32 Å². The maximum Gasteiger partial charge on any atom is 0.288 e. The number of nitrogens with one attached hydrogen (secondary N) is 1. The molecule has 1 amide bonds. The lowest BCUT2D eigenvalue weighted by Crippen LogP contribution is -2.29. The molecule has 2 aromatic heterocycles. The van der Waals surface area contributed by atoms with Gasteiger partial charge in [-0.2, -0.15) is 0 Å². The van der Waals surface area contributed by atoms with E-state index in [0.717, 1.165) is 33.2 Å². The zero-order valence-corrected chi connectivity index (χ0v) is 15.3. The van der Waals surface area contributed by atoms with Crippen molar-refractivity contribution in [1.82, 2.24) is 10.3 Å². The topological polar surface area (TPSA) is 55.1 Å². The number of aryl methyl sites for hydroxylation is 2. The van der Waals surface area contributed by atoms with Gasteiger partial charge in [0.15, 0.2) is 5.76 Å². The lowest BCUT2D eigenvalue weighted by Gasteiger charge is -2.19. The number of hydrogen-bond acceptors (Lipinski definition) is 3. The van der Waals surface area contributed by atoms with Crippen molar-refractivity contribution >= 4 is 16.9 Å². The molecule has 0 spiro atoms. The van der Waals surface area contributed by atoms with Gasteiger partial charge in [0, 0.05) is 23.3 Å². The van der Waals surface area contributed by atoms with Crippen LogP contribution in [0.5, 0.6) is 0 Å². The van der Waals surface area contributed by atoms with E-state index in [-0.39, 0.29) is 11.9 Å². The molecule has 134 valence electrons. The Balaban J connectivity index is 1.73. The number of furan rings is 1. The Bertz CT molecular complexity index is 1050. The fourth-order valence-corrected chi connectivity index (χ4v) is 3.35. The van der Waals surface area contributed by atoms with Crippen molar-refractivity contribution in [3.8, 4) is 0 Å². The Morgan fingerprint density at radius 2 is 1.74 bits per heavy atom. The first-order chi connectivity index (χ1) is 13.1. The highest BCUT2D eigenvalue weighted by Crippen LogP contribution is 2.29. The van der Waals surface area contributed by atoms with Gasteiger partial charge < -0.3 is 9.73 Å². The van der Waals surface area contributed by atoms with Crippen molar-refractivity contribution < 1.29 is 9.21 Å². The van der Waals surface area contributed by atoms with Gasteiger partial charge in [0.1, 0.15) is 5.58 Å². The van der Waals surface area contributed by atoms with Crippen LogP contribution in [0.15, 0.2) is 77.5 Å². The van der Waals surface area contributed by atoms with E-state index < -0.39 is 0 Å². The SMILES string of the molecule is Cc1c(C(=O)NC(c2ccccc2)c2cccnc2)oc2c(C)cccc12. The van der Waals surface area contributed by atoms with Crippen LogP contribution >= 0.6 is 0 Å². The average Bonchev–Trinajstić information content (AvgIpc) is 3.05. The van der Waals surface area contributed by atoms with Crippen molar-refractivity contribution in [2.75, 3.05) is 0 Å². The van der Waals surface area contributed by atoms with Crippen LogP contribution in [0.3, 0.4) is 0 Å². The first-order valence-corrected chi connectivity index (χ1v) is 8.89. The Morgan fingerprint density at radius 1 is 0.963 bits per heavy atom. The van der Waals surface area contributed by atoms with Crippen LogP contribution in [0, 0.1) is 13.8 Å². The molecule has 4 aromatic rings. The van der Waals surface area contributed by atoms with Crippen molar-refractivity contribution in [1.29, 1.82) is 0 Å². The largest absolute Gasteiger partial charge is 0.450 e. The molecule has 0 aliphatic heterocycles. The van der Waals surface area contributed by atoms with Crippen molar-refractivity contribution in [3.63, 3.8) is 0 Å². The van der Waals surface area contributed by atoms with Gasteiger partial charge >= 0.3 is 0 Å². The summed E-state index contributed by atoms with van der Waals surface area (Å²) in [6.45, 7) is 3.90. The highest BCUT2D eigenvalue weighted by atomic mass is 16.3. The van der Waals surface area contributed by atoms with Crippen molar-refractivity contribution in [2.45, 2.75) is 19.9 Å². The molecule has 0 aliphatic carbocycles. The molecule has 27 heavy (non-hydrogen) atoms. The van der Waals surface area contributed by atoms with Crippen LogP contribution in [-0.2, 0) is 0 Å². The summed E-state index contributed by atoms with van der Waals surface area (Å²) in [7, 11) is 0. The minimum Gasteiger partial charge on any atom is -0.450 e. The Hall–Kier alpha value is -3.40. The number of rotatable bonds is 4. The minimum absolute atomic E-state index is 0.235. The third kappa shape index (κ3) is 3.22. The molecule has 0 saturated carbocycles. The highest BCUT2D eigenvalue weighted by molar-refractivity contribution is 5.99. The number of para-hydroxylation sites is 1. The monoisotopic (exact) mass is 356 g/mol. The number of carbonyl (C=O) groups is 1. The molecule has 4 nitrogen and oxygen atoms in total. The number of amides is 1. The van der Waals surface area contributed by atoms with E-state index >= 15 is 0 Å². The number of fused-ring (bicyclic) bond motifs is 1. The molecule has 4 rings (SSSR count). The summed E-state index contributed by atoms with van der Waals surface area (Å²) in [5.74, 6) is 0.116. The number of hydrogen-bond donors (Lipinski definition) is 1. The fraction of sp³-hybridized carbons (Fsp3) is 0.130. The van der Waals surface area contributed by atoms with Crippen LogP contribution in [-0.4, -0.2) is 10.9 Å². The van der Waals surface area contributed by atoms with E-state index in [0.29, 0.717) is 5.76 Å². The number of carbonyl (C=O) groups excluding carboxylic acids is 1. The first-order valence-electron chi connectivity index (χ1n) is 8.89. The van der Waals surface area contributed by atoms with Crippen molar-refractivity contribution in [3.05, 3.63) is 101 Å². The van der Waals surface area contributed by atoms with Gasteiger partial charge in [-0.05, 0) is 36.6 Å². The molecule has 1 unspecified atom stereocenters. The Morgan fingerprint density at radius 3 is 2.44 bits per heavy atom. The summed E-state index contributed by atoms with van der Waals surface area (Å²) >= 11 is 0. The van der Waals surface area contributed by atoms with E-state index in [1.165, 1.54) is 0 Å². The second-order valence-corrected chi connectivity index (χ2v) is 6.61. The van der Waals surface area contributed by atoms with E-state index in [2.05, 4.69) is 10.3 Å². The second-order valence-electron chi connectivity index (χ2n) is 6.61. The second kappa shape index (κ2) is 7.08. The molecule has 1 N–H and O–H groups in total. The van der Waals surface area contributed by atoms with Crippen LogP contribution in [0.1, 0.15) is 38.9 Å². The van der Waals surface area contributed by atoms with Crippen LogP contribution in [0.25, 0.3) is 11.0 Å². The number of pyridine rings is 1. The molecule has 0 radical (unpaired) electrons. The molecule has 2 heterocycles. The number of nitrogens with zero attached hydrogens (tertiary/aromatic N) is 1. The van der Waals surface area contributed by atoms with Crippen molar-refractivity contribution in [2.24, 2.45) is 0 Å². The van der Waals surface area contributed by atoms with Gasteiger partial charge in [-0.1, -0.05) is 54.6 Å². The molecule has 0 bridgehead atoms. The van der Waals surface area contributed by atoms with Gasteiger partial charge in [0.05, 0.1) is 6.04 Å². The average molecular weight is 356 g/mol. The van der Waals surface area contributed by atoms with Crippen LogP contribution in [0.4, 0.5) is 0 Å². The lowest BCUT2D eigenvalue weighted by molar-refractivity contribution is 0.0916. The first kappa shape index (κ1) is 17.0. The van der Waals surface area contributed by atoms with Gasteiger partial charge in [0.25, 0.3) is 5.91 Å². The van der Waals surface area contributed by atoms with Gasteiger partial charge in [-0.15, -0.1) is 0 Å². The zero-order chi connectivity index (χ0) is 18.8. The van der Waals surface area contributed by atoms with Gasteiger partial charge in [-0.3, -0.25) is 9.78 Å². The molecule has 4 heteroatoms. The summed E-state index contributed by atoms with van der Waals surface area (Å²) in [4.78, 5) is 17.3. The van der Waals surface area contributed by atoms with Gasteiger partial charge in [-0.25, -0.2) is 0 Å². The van der Waals surface area contributed by atoms with E-state index in [1.807, 2.05) is 74.5 Å². The molecule has 0 fully saturated rings. The molecular formula is C23H20N2O2. The summed E-state index contributed by atoms with van der Waals surface area (Å²) < 4.78 is 5.94. The minimum atomic E-state index is -0.305. The molecule has 2 aromatic carbocycles. The Labute approximate surface area is 157 Å². The maximum absolute atomic E-state index is 13.1. The third-order valence-electron chi connectivity index (χ3n) is 4.79. The highest BCUT2D eigenvalue weighted by Gasteiger charge is 2.23. The predicted octanol–water partition coefficient (Wildman–Crippen LogP) is 4.96. The fourth-order valence-electron chi connectivity index (χ4n) is 3.35. The predicted molar refractivity (Wildman–Crippen MR) is 106 cm³/mol. The quantitative estimate of drug-likeness (QED) is 0.562. The molecular weight excluding hydrogens is 336 g/mol. The molecule has 1 atom stereocenters. The molecule has 0 saturated heterocycles. The van der Waals surface area contributed by atoms with Gasteiger partial charge in [0.2, 0.25) is 0 Å². The third-order valence-corrected chi connectivity index (χ3v) is 4.79. The number of benzene rings is 2. The summed E-state index contributed by atoms with van der Waals surface area (Å²) in [6.07, 6.45) is 3.49. The van der Waals surface area contributed by atoms with E-state index in [4.69, 9.17) is 4.42 Å². The summed E-state index contributed by atoms with van der Waals surface area (Å²) in [5.41, 5.74) is 4.54. The smallest absolute Gasteiger partial charge is 0.288 e. The standard InChI is InChI=1S/C23H20N2O2/c1-15-8-6-12-19-16(2)22(27-21(15)19)23(26)25-20(17-9-4-3-5-10-17)18-11-7-13-24-14-18/h3-14,20H,1-2H3,(H,25,26).